The highest BCUT2D eigenvalue weighted by molar-refractivity contribution is 7.07. The molecule has 1 amide bonds. The average Bonchev–Trinajstić information content (AvgIpc) is 3.25. The molecule has 0 aliphatic carbocycles. The number of carbonyl (C=O) groups is 1. The zero-order valence-electron chi connectivity index (χ0n) is 21.3. The van der Waals surface area contributed by atoms with Gasteiger partial charge in [0.2, 0.25) is 0 Å². The van der Waals surface area contributed by atoms with Crippen molar-refractivity contribution in [1.82, 2.24) is 4.57 Å². The van der Waals surface area contributed by atoms with Crippen LogP contribution < -0.4 is 29.5 Å². The number of thiazole rings is 1. The Bertz CT molecular complexity index is 1750. The highest BCUT2D eigenvalue weighted by Crippen LogP contribution is 2.29. The Morgan fingerprint density at radius 3 is 2.35 bits per heavy atom. The first-order valence-corrected chi connectivity index (χ1v) is 12.7. The molecule has 4 rings (SSSR count). The van der Waals surface area contributed by atoms with Gasteiger partial charge in [-0.2, -0.15) is 18.4 Å². The van der Waals surface area contributed by atoms with E-state index in [1.165, 1.54) is 29.9 Å². The second kappa shape index (κ2) is 11.9. The molecular weight excluding hydrogens is 543 g/mol. The number of hydrogen-bond donors (Lipinski definition) is 1. The van der Waals surface area contributed by atoms with E-state index in [0.717, 1.165) is 23.5 Å². The lowest BCUT2D eigenvalue weighted by molar-refractivity contribution is -0.137. The van der Waals surface area contributed by atoms with Gasteiger partial charge in [-0.25, -0.2) is 0 Å². The Balaban J connectivity index is 1.91. The number of amides is 1. The molecule has 0 spiro atoms. The number of para-hydroxylation sites is 2. The van der Waals surface area contributed by atoms with Crippen molar-refractivity contribution in [3.63, 3.8) is 0 Å². The van der Waals surface area contributed by atoms with Crippen LogP contribution in [0.3, 0.4) is 0 Å². The first-order chi connectivity index (χ1) is 19.2. The van der Waals surface area contributed by atoms with Crippen molar-refractivity contribution < 1.29 is 27.4 Å². The molecule has 1 aromatic heterocycles. The van der Waals surface area contributed by atoms with Gasteiger partial charge in [0.05, 0.1) is 35.2 Å². The van der Waals surface area contributed by atoms with Crippen LogP contribution in [0.4, 0.5) is 18.9 Å². The summed E-state index contributed by atoms with van der Waals surface area (Å²) < 4.78 is 51.1. The minimum absolute atomic E-state index is 0.0437. The largest absolute Gasteiger partial charge is 0.497 e. The molecule has 0 bridgehead atoms. The molecule has 0 radical (unpaired) electrons. The Morgan fingerprint density at radius 1 is 1.07 bits per heavy atom. The molecule has 0 saturated heterocycles. The molecule has 1 heterocycles. The zero-order chi connectivity index (χ0) is 28.9. The van der Waals surface area contributed by atoms with Crippen LogP contribution in [0.25, 0.3) is 17.3 Å². The Kier molecular flexibility index (Phi) is 8.40. The lowest BCUT2D eigenvalue weighted by Gasteiger charge is -2.11. The molecular formula is C29H22F3N3O4S. The fourth-order valence-corrected chi connectivity index (χ4v) is 4.87. The van der Waals surface area contributed by atoms with Gasteiger partial charge < -0.3 is 14.8 Å². The van der Waals surface area contributed by atoms with Crippen molar-refractivity contribution >= 4 is 34.6 Å². The number of nitriles is 1. The lowest BCUT2D eigenvalue weighted by Crippen LogP contribution is -2.32. The van der Waals surface area contributed by atoms with E-state index in [-0.39, 0.29) is 14.8 Å². The summed E-state index contributed by atoms with van der Waals surface area (Å²) in [7, 11) is 1.49. The molecule has 7 nitrogen and oxygen atoms in total. The van der Waals surface area contributed by atoms with Gasteiger partial charge in [-0.15, -0.1) is 11.3 Å². The summed E-state index contributed by atoms with van der Waals surface area (Å²) in [6.07, 6.45) is -3.09. The third-order valence-corrected chi connectivity index (χ3v) is 6.77. The smallest absolute Gasteiger partial charge is 0.416 e. The van der Waals surface area contributed by atoms with Gasteiger partial charge in [0.15, 0.2) is 5.57 Å². The number of benzene rings is 3. The highest BCUT2D eigenvalue weighted by Gasteiger charge is 2.29. The second-order valence-corrected chi connectivity index (χ2v) is 9.27. The van der Waals surface area contributed by atoms with Gasteiger partial charge in [-0.1, -0.05) is 24.3 Å². The third kappa shape index (κ3) is 6.08. The normalized spacial score (nSPS) is 12.4. The lowest BCUT2D eigenvalue weighted by atomic mass is 10.1. The topological polar surface area (TPSA) is 93.4 Å². The van der Waals surface area contributed by atoms with Crippen LogP contribution in [0.1, 0.15) is 18.1 Å². The molecule has 0 saturated carbocycles. The van der Waals surface area contributed by atoms with Gasteiger partial charge in [-0.3, -0.25) is 14.2 Å². The van der Waals surface area contributed by atoms with E-state index < -0.39 is 23.2 Å². The van der Waals surface area contributed by atoms with E-state index in [2.05, 4.69) is 5.32 Å². The summed E-state index contributed by atoms with van der Waals surface area (Å²) >= 11 is 0.871. The monoisotopic (exact) mass is 565 g/mol. The van der Waals surface area contributed by atoms with Crippen LogP contribution in [-0.4, -0.2) is 24.2 Å². The van der Waals surface area contributed by atoms with E-state index >= 15 is 0 Å². The summed E-state index contributed by atoms with van der Waals surface area (Å²) in [4.78, 5) is 26.9. The number of nitrogens with one attached hydrogen (secondary N) is 1. The molecule has 0 aliphatic heterocycles. The maximum atomic E-state index is 13.6. The van der Waals surface area contributed by atoms with E-state index in [4.69, 9.17) is 9.47 Å². The van der Waals surface area contributed by atoms with Crippen molar-refractivity contribution in [3.05, 3.63) is 103 Å². The SMILES string of the molecule is CCOc1ccccc1NC(=O)/C(C#N)=c1\s/c(=C/c2ccc(C(F)(F)F)cc2)c(=O)n1-c1ccc(OC)cc1. The molecule has 0 fully saturated rings. The number of rotatable bonds is 7. The molecule has 40 heavy (non-hydrogen) atoms. The van der Waals surface area contributed by atoms with Crippen LogP contribution in [0.5, 0.6) is 11.5 Å². The van der Waals surface area contributed by atoms with Crippen molar-refractivity contribution in [2.75, 3.05) is 19.0 Å². The molecule has 4 aromatic rings. The number of carbonyl (C=O) groups excluding carboxylic acids is 1. The predicted molar refractivity (Wildman–Crippen MR) is 146 cm³/mol. The minimum Gasteiger partial charge on any atom is -0.497 e. The summed E-state index contributed by atoms with van der Waals surface area (Å²) in [5.41, 5.74) is -0.672. The minimum atomic E-state index is -4.50. The number of methoxy groups -OCH3 is 1. The number of halogens is 3. The van der Waals surface area contributed by atoms with E-state index in [1.807, 2.05) is 6.07 Å². The number of alkyl halides is 3. The fraction of sp³-hybridized carbons (Fsp3) is 0.138. The molecule has 1 N–H and O–H groups in total. The number of aromatic nitrogens is 1. The number of nitrogens with zero attached hydrogens (tertiary/aromatic N) is 2. The number of ether oxygens (including phenoxy) is 2. The van der Waals surface area contributed by atoms with Crippen molar-refractivity contribution in [2.24, 2.45) is 0 Å². The molecule has 0 unspecified atom stereocenters. The molecule has 11 heteroatoms. The number of hydrogen-bond acceptors (Lipinski definition) is 6. The summed E-state index contributed by atoms with van der Waals surface area (Å²) in [5.74, 6) is 0.171. The maximum Gasteiger partial charge on any atom is 0.416 e. The van der Waals surface area contributed by atoms with Crippen LogP contribution in [0.15, 0.2) is 77.6 Å². The van der Waals surface area contributed by atoms with E-state index in [9.17, 15) is 28.0 Å². The quantitative estimate of drug-likeness (QED) is 0.357. The third-order valence-electron chi connectivity index (χ3n) is 5.68. The molecule has 3 aromatic carbocycles. The maximum absolute atomic E-state index is 13.6. The van der Waals surface area contributed by atoms with Gasteiger partial charge in [0.25, 0.3) is 11.5 Å². The van der Waals surface area contributed by atoms with Crippen molar-refractivity contribution in [2.45, 2.75) is 13.1 Å². The van der Waals surface area contributed by atoms with Gasteiger partial charge in [0, 0.05) is 0 Å². The molecule has 204 valence electrons. The predicted octanol–water partition coefficient (Wildman–Crippen LogP) is 4.47. The Labute approximate surface area is 230 Å². The summed E-state index contributed by atoms with van der Waals surface area (Å²) in [6.45, 7) is 2.14. The average molecular weight is 566 g/mol. The van der Waals surface area contributed by atoms with Crippen LogP contribution in [0, 0.1) is 11.3 Å². The second-order valence-electron chi connectivity index (χ2n) is 8.24. The molecule has 0 aliphatic rings. The fourth-order valence-electron chi connectivity index (χ4n) is 3.77. The van der Waals surface area contributed by atoms with E-state index in [0.29, 0.717) is 35.0 Å². The van der Waals surface area contributed by atoms with Crippen LogP contribution in [-0.2, 0) is 11.0 Å². The number of anilines is 1. The van der Waals surface area contributed by atoms with Gasteiger partial charge in [0.1, 0.15) is 22.2 Å². The Hall–Kier alpha value is -4.82. The van der Waals surface area contributed by atoms with Crippen molar-refractivity contribution in [3.8, 4) is 23.3 Å². The van der Waals surface area contributed by atoms with Gasteiger partial charge in [-0.05, 0) is 67.1 Å². The highest BCUT2D eigenvalue weighted by atomic mass is 32.1. The van der Waals surface area contributed by atoms with Crippen LogP contribution >= 0.6 is 11.3 Å². The van der Waals surface area contributed by atoms with Crippen LogP contribution in [0.2, 0.25) is 0 Å². The standard InChI is InChI=1S/C29H22F3N3O4S/c1-3-39-24-7-5-4-6-23(24)34-26(36)22(17-33)28-35(20-12-14-21(38-2)15-13-20)27(37)25(40-28)16-18-8-10-19(11-9-18)29(30,31)32/h4-16H,3H2,1-2H3,(H,34,36)/b25-16+,28-22-. The van der Waals surface area contributed by atoms with E-state index in [1.54, 1.807) is 55.5 Å². The first-order valence-electron chi connectivity index (χ1n) is 11.9. The summed E-state index contributed by atoms with van der Waals surface area (Å²) in [5, 5.41) is 12.7. The van der Waals surface area contributed by atoms with Gasteiger partial charge >= 0.3 is 6.18 Å². The zero-order valence-corrected chi connectivity index (χ0v) is 22.1. The molecule has 0 atom stereocenters. The van der Waals surface area contributed by atoms with Crippen molar-refractivity contribution in [1.29, 1.82) is 5.26 Å². The summed E-state index contributed by atoms with van der Waals surface area (Å²) in [6, 6.07) is 19.4. The first kappa shape index (κ1) is 28.2. The Morgan fingerprint density at radius 2 is 1.75 bits per heavy atom.